The lowest BCUT2D eigenvalue weighted by Crippen LogP contribution is -2.45. The molecule has 0 radical (unpaired) electrons. The Labute approximate surface area is 220 Å². The highest BCUT2D eigenvalue weighted by Gasteiger charge is 2.42. The standard InChI is InChI=1S/C29H45NO5S/c1-18-12-10-8-9-11-13-24(19(2)15-23-17-36-22(5)30-23)35-26(32)16-25(31)29(6,7)28(34)21(4)27(33)20(3)14-18/h9,11,15,17-18,20-21,24-25,27,31,33H,8,10,12-14,16H2,1-7H3/b11-9-,19-15+/t18?,20-,21+,24-,25-,27-/m0/s1. The van der Waals surface area contributed by atoms with E-state index in [2.05, 4.69) is 18.0 Å². The van der Waals surface area contributed by atoms with Gasteiger partial charge in [0.25, 0.3) is 0 Å². The Bertz CT molecular complexity index is 934. The summed E-state index contributed by atoms with van der Waals surface area (Å²) < 4.78 is 5.81. The third-order valence-electron chi connectivity index (χ3n) is 7.49. The number of hydrogen-bond acceptors (Lipinski definition) is 7. The first-order valence-electron chi connectivity index (χ1n) is 13.2. The largest absolute Gasteiger partial charge is 0.457 e. The fourth-order valence-corrected chi connectivity index (χ4v) is 5.50. The van der Waals surface area contributed by atoms with E-state index in [0.29, 0.717) is 12.3 Å². The minimum Gasteiger partial charge on any atom is -0.457 e. The summed E-state index contributed by atoms with van der Waals surface area (Å²) in [6.45, 7) is 13.0. The molecule has 2 N–H and O–H groups in total. The van der Waals surface area contributed by atoms with Crippen molar-refractivity contribution in [1.82, 2.24) is 4.98 Å². The molecule has 2 heterocycles. The Kier molecular flexibility index (Phi) is 11.5. The SMILES string of the molecule is C/C(=C\c1csc(C)n1)[C@@H]1C/C=C\CCCC(C)C[C@H](C)[C@H](O)[C@@H](C)C(=O)C(C)(C)[C@@H](O)CC(=O)O1. The highest BCUT2D eigenvalue weighted by atomic mass is 32.1. The Morgan fingerprint density at radius 3 is 2.53 bits per heavy atom. The maximum atomic E-state index is 13.3. The van der Waals surface area contributed by atoms with Gasteiger partial charge in [-0.25, -0.2) is 4.98 Å². The summed E-state index contributed by atoms with van der Waals surface area (Å²) in [6.07, 6.45) is 7.67. The monoisotopic (exact) mass is 519 g/mol. The van der Waals surface area contributed by atoms with Gasteiger partial charge in [-0.1, -0.05) is 53.2 Å². The molecule has 6 nitrogen and oxygen atoms in total. The van der Waals surface area contributed by atoms with E-state index in [1.54, 1.807) is 32.1 Å². The van der Waals surface area contributed by atoms with Crippen molar-refractivity contribution in [1.29, 1.82) is 0 Å². The van der Waals surface area contributed by atoms with E-state index in [1.165, 1.54) is 0 Å². The van der Waals surface area contributed by atoms with E-state index in [4.69, 9.17) is 4.74 Å². The van der Waals surface area contributed by atoms with Gasteiger partial charge in [-0.15, -0.1) is 11.3 Å². The van der Waals surface area contributed by atoms with Gasteiger partial charge < -0.3 is 14.9 Å². The Hall–Kier alpha value is -1.83. The fraction of sp³-hybridized carbons (Fsp3) is 0.690. The van der Waals surface area contributed by atoms with Crippen molar-refractivity contribution >= 4 is 29.2 Å². The van der Waals surface area contributed by atoms with Gasteiger partial charge in [0.2, 0.25) is 0 Å². The number of aliphatic hydroxyl groups excluding tert-OH is 2. The lowest BCUT2D eigenvalue weighted by molar-refractivity contribution is -0.154. The third-order valence-corrected chi connectivity index (χ3v) is 8.28. The van der Waals surface area contributed by atoms with Crippen molar-refractivity contribution in [3.63, 3.8) is 0 Å². The number of allylic oxidation sites excluding steroid dienone is 1. The van der Waals surface area contributed by atoms with Crippen LogP contribution >= 0.6 is 11.3 Å². The Morgan fingerprint density at radius 1 is 1.19 bits per heavy atom. The number of carbonyl (C=O) groups excluding carboxylic acids is 2. The first kappa shape index (κ1) is 30.4. The Morgan fingerprint density at radius 2 is 1.89 bits per heavy atom. The molecule has 202 valence electrons. The molecular weight excluding hydrogens is 474 g/mol. The van der Waals surface area contributed by atoms with Crippen LogP contribution in [0.2, 0.25) is 0 Å². The molecule has 0 fully saturated rings. The molecule has 36 heavy (non-hydrogen) atoms. The summed E-state index contributed by atoms with van der Waals surface area (Å²) in [5.41, 5.74) is 0.503. The number of aromatic nitrogens is 1. The van der Waals surface area contributed by atoms with Crippen LogP contribution in [0.3, 0.4) is 0 Å². The lowest BCUT2D eigenvalue weighted by Gasteiger charge is -2.34. The third kappa shape index (κ3) is 8.63. The van der Waals surface area contributed by atoms with Crippen LogP contribution in [-0.4, -0.2) is 45.3 Å². The number of cyclic esters (lactones) is 1. The number of esters is 1. The smallest absolute Gasteiger partial charge is 0.309 e. The number of aliphatic hydroxyl groups is 2. The number of nitrogens with zero attached hydrogens (tertiary/aromatic N) is 1. The van der Waals surface area contributed by atoms with Crippen LogP contribution in [0.25, 0.3) is 6.08 Å². The van der Waals surface area contributed by atoms with Crippen LogP contribution in [0.15, 0.2) is 23.1 Å². The second-order valence-corrected chi connectivity index (χ2v) is 12.3. The molecule has 1 aromatic heterocycles. The van der Waals surface area contributed by atoms with Crippen molar-refractivity contribution < 1.29 is 24.5 Å². The zero-order chi connectivity index (χ0) is 27.0. The van der Waals surface area contributed by atoms with Crippen molar-refractivity contribution in [2.75, 3.05) is 0 Å². The summed E-state index contributed by atoms with van der Waals surface area (Å²) >= 11 is 1.56. The van der Waals surface area contributed by atoms with Gasteiger partial charge in [0.1, 0.15) is 11.9 Å². The van der Waals surface area contributed by atoms with E-state index in [0.717, 1.165) is 42.0 Å². The number of rotatable bonds is 2. The average Bonchev–Trinajstić information content (AvgIpc) is 3.22. The summed E-state index contributed by atoms with van der Waals surface area (Å²) in [5, 5.41) is 24.7. The van der Waals surface area contributed by atoms with Gasteiger partial charge in [-0.3, -0.25) is 9.59 Å². The average molecular weight is 520 g/mol. The van der Waals surface area contributed by atoms with Gasteiger partial charge in [0.05, 0.1) is 34.7 Å². The predicted octanol–water partition coefficient (Wildman–Crippen LogP) is 5.90. The maximum Gasteiger partial charge on any atom is 0.309 e. The van der Waals surface area contributed by atoms with Crippen LogP contribution in [0.5, 0.6) is 0 Å². The quantitative estimate of drug-likeness (QED) is 0.373. The van der Waals surface area contributed by atoms with E-state index >= 15 is 0 Å². The van der Waals surface area contributed by atoms with E-state index in [-0.39, 0.29) is 18.1 Å². The summed E-state index contributed by atoms with van der Waals surface area (Å²) in [4.78, 5) is 30.7. The second kappa shape index (κ2) is 13.6. The van der Waals surface area contributed by atoms with E-state index in [1.807, 2.05) is 38.3 Å². The highest BCUT2D eigenvalue weighted by molar-refractivity contribution is 7.09. The first-order chi connectivity index (χ1) is 16.8. The molecule has 0 bridgehead atoms. The Balaban J connectivity index is 2.28. The number of Topliss-reactive ketones (excluding diaryl/α,β-unsaturated/α-hetero) is 1. The minimum atomic E-state index is -1.22. The first-order valence-corrected chi connectivity index (χ1v) is 14.1. The van der Waals surface area contributed by atoms with Crippen molar-refractivity contribution in [2.24, 2.45) is 23.2 Å². The highest BCUT2D eigenvalue weighted by Crippen LogP contribution is 2.33. The van der Waals surface area contributed by atoms with Gasteiger partial charge in [0.15, 0.2) is 0 Å². The number of ketones is 1. The molecule has 0 aliphatic carbocycles. The van der Waals surface area contributed by atoms with Crippen LogP contribution in [0.1, 0.15) is 90.8 Å². The van der Waals surface area contributed by atoms with Crippen molar-refractivity contribution in [2.45, 2.75) is 105 Å². The topological polar surface area (TPSA) is 96.7 Å². The zero-order valence-corrected chi connectivity index (χ0v) is 23.8. The lowest BCUT2D eigenvalue weighted by atomic mass is 9.72. The van der Waals surface area contributed by atoms with Gasteiger partial charge in [0, 0.05) is 17.7 Å². The minimum absolute atomic E-state index is 0.0386. The van der Waals surface area contributed by atoms with Crippen LogP contribution in [0.4, 0.5) is 0 Å². The number of ether oxygens (including phenoxy) is 1. The number of thiazole rings is 1. The molecule has 0 aromatic carbocycles. The van der Waals surface area contributed by atoms with Gasteiger partial charge in [-0.05, 0) is 56.6 Å². The summed E-state index contributed by atoms with van der Waals surface area (Å²) in [6, 6.07) is 0. The van der Waals surface area contributed by atoms with E-state index < -0.39 is 35.6 Å². The van der Waals surface area contributed by atoms with Crippen molar-refractivity contribution in [3.05, 3.63) is 33.8 Å². The summed E-state index contributed by atoms with van der Waals surface area (Å²) in [7, 11) is 0. The molecular formula is C29H45NO5S. The number of carbonyl (C=O) groups is 2. The van der Waals surface area contributed by atoms with Crippen molar-refractivity contribution in [3.8, 4) is 0 Å². The van der Waals surface area contributed by atoms with Crippen LogP contribution < -0.4 is 0 Å². The molecule has 1 aromatic rings. The van der Waals surface area contributed by atoms with Crippen LogP contribution in [-0.2, 0) is 14.3 Å². The molecule has 0 amide bonds. The van der Waals surface area contributed by atoms with Crippen LogP contribution in [0, 0.1) is 30.1 Å². The normalized spacial score (nSPS) is 32.9. The molecule has 0 spiro atoms. The maximum absolute atomic E-state index is 13.3. The fourth-order valence-electron chi connectivity index (χ4n) is 4.93. The van der Waals surface area contributed by atoms with Gasteiger partial charge in [-0.2, -0.15) is 0 Å². The van der Waals surface area contributed by atoms with Gasteiger partial charge >= 0.3 is 5.97 Å². The molecule has 6 atom stereocenters. The van der Waals surface area contributed by atoms with E-state index in [9.17, 15) is 19.8 Å². The molecule has 7 heteroatoms. The number of hydrogen-bond donors (Lipinski definition) is 2. The molecule has 0 saturated carbocycles. The molecule has 1 aliphatic heterocycles. The molecule has 1 aliphatic rings. The molecule has 2 rings (SSSR count). The number of aryl methyl sites for hydroxylation is 1. The predicted molar refractivity (Wildman–Crippen MR) is 146 cm³/mol. The summed E-state index contributed by atoms with van der Waals surface area (Å²) in [5.74, 6) is -1.05. The molecule has 1 unspecified atom stereocenters. The zero-order valence-electron chi connectivity index (χ0n) is 23.0. The molecule has 0 saturated heterocycles. The second-order valence-electron chi connectivity index (χ2n) is 11.2.